The molecule has 0 unspecified atom stereocenters. The molecule has 4 rings (SSSR count). The van der Waals surface area contributed by atoms with E-state index in [2.05, 4.69) is 20.7 Å². The highest BCUT2D eigenvalue weighted by molar-refractivity contribution is 5.65. The molecule has 180 valence electrons. The van der Waals surface area contributed by atoms with Crippen molar-refractivity contribution in [2.24, 2.45) is 0 Å². The van der Waals surface area contributed by atoms with Crippen LogP contribution in [-0.4, -0.2) is 55.1 Å². The zero-order valence-electron chi connectivity index (χ0n) is 20.2. The highest BCUT2D eigenvalue weighted by Crippen LogP contribution is 2.24. The molecule has 2 N–H and O–H groups in total. The number of nitrogens with zero attached hydrogens (tertiary/aromatic N) is 3. The number of aromatic nitrogens is 3. The molecule has 2 aromatic heterocycles. The summed E-state index contributed by atoms with van der Waals surface area (Å²) in [5.41, 5.74) is 3.64. The molecule has 34 heavy (non-hydrogen) atoms. The SMILES string of the molecule is CC.COCCNCCOc1ccc(Nc2nc3cccc(-c4ccc(OC)cc4)n3n2)cc1. The van der Waals surface area contributed by atoms with Crippen LogP contribution in [0, 0.1) is 0 Å². The fourth-order valence-electron chi connectivity index (χ4n) is 3.24. The average Bonchev–Trinajstić information content (AvgIpc) is 3.31. The van der Waals surface area contributed by atoms with Crippen LogP contribution >= 0.6 is 0 Å². The number of hydrogen-bond donors (Lipinski definition) is 2. The van der Waals surface area contributed by atoms with Gasteiger partial charge in [0, 0.05) is 31.5 Å². The molecule has 0 saturated heterocycles. The van der Waals surface area contributed by atoms with E-state index in [-0.39, 0.29) is 0 Å². The zero-order valence-corrected chi connectivity index (χ0v) is 20.2. The quantitative estimate of drug-likeness (QED) is 0.310. The summed E-state index contributed by atoms with van der Waals surface area (Å²) in [6.45, 7) is 6.87. The Bertz CT molecular complexity index is 1130. The molecule has 8 nitrogen and oxygen atoms in total. The monoisotopic (exact) mass is 463 g/mol. The minimum Gasteiger partial charge on any atom is -0.497 e. The highest BCUT2D eigenvalue weighted by atomic mass is 16.5. The Morgan fingerprint density at radius 3 is 2.24 bits per heavy atom. The van der Waals surface area contributed by atoms with Crippen LogP contribution in [0.5, 0.6) is 11.5 Å². The van der Waals surface area contributed by atoms with Crippen LogP contribution in [0.15, 0.2) is 66.7 Å². The van der Waals surface area contributed by atoms with Gasteiger partial charge in [-0.2, -0.15) is 4.98 Å². The third kappa shape index (κ3) is 6.69. The Kier molecular flexibility index (Phi) is 9.69. The maximum Gasteiger partial charge on any atom is 0.247 e. The van der Waals surface area contributed by atoms with Crippen LogP contribution in [-0.2, 0) is 4.74 Å². The fourth-order valence-corrected chi connectivity index (χ4v) is 3.24. The normalized spacial score (nSPS) is 10.5. The van der Waals surface area contributed by atoms with Gasteiger partial charge in [-0.05, 0) is 60.7 Å². The van der Waals surface area contributed by atoms with E-state index in [0.29, 0.717) is 19.2 Å². The Morgan fingerprint density at radius 1 is 0.824 bits per heavy atom. The van der Waals surface area contributed by atoms with Crippen molar-refractivity contribution in [2.45, 2.75) is 13.8 Å². The van der Waals surface area contributed by atoms with Gasteiger partial charge in [0.2, 0.25) is 5.95 Å². The van der Waals surface area contributed by atoms with E-state index in [4.69, 9.17) is 14.2 Å². The van der Waals surface area contributed by atoms with Crippen molar-refractivity contribution >= 4 is 17.3 Å². The molecule has 2 heterocycles. The van der Waals surface area contributed by atoms with Gasteiger partial charge in [0.15, 0.2) is 5.65 Å². The van der Waals surface area contributed by atoms with Crippen LogP contribution in [0.25, 0.3) is 16.9 Å². The van der Waals surface area contributed by atoms with Crippen molar-refractivity contribution in [1.29, 1.82) is 0 Å². The van der Waals surface area contributed by atoms with E-state index in [1.807, 2.05) is 85.1 Å². The van der Waals surface area contributed by atoms with Gasteiger partial charge in [0.1, 0.15) is 18.1 Å². The number of methoxy groups -OCH3 is 2. The van der Waals surface area contributed by atoms with E-state index >= 15 is 0 Å². The first-order chi connectivity index (χ1) is 16.8. The number of pyridine rings is 1. The molecule has 0 fully saturated rings. The minimum atomic E-state index is 0.530. The van der Waals surface area contributed by atoms with Gasteiger partial charge in [0.05, 0.1) is 19.4 Å². The van der Waals surface area contributed by atoms with Crippen molar-refractivity contribution in [3.63, 3.8) is 0 Å². The lowest BCUT2D eigenvalue weighted by molar-refractivity contribution is 0.197. The minimum absolute atomic E-state index is 0.530. The first-order valence-electron chi connectivity index (χ1n) is 11.5. The molecule has 0 radical (unpaired) electrons. The standard InChI is InChI=1S/C24H27N5O3.C2H6/c1-30-16-14-25-15-17-32-21-12-8-19(9-13-21)26-24-27-23-5-3-4-22(29(23)28-24)18-6-10-20(31-2)11-7-18;1-2/h3-13,25H,14-17H2,1-2H3,(H,26,28);1-2H3. The Morgan fingerprint density at radius 2 is 1.53 bits per heavy atom. The molecule has 0 saturated carbocycles. The van der Waals surface area contributed by atoms with E-state index in [0.717, 1.165) is 47.2 Å². The highest BCUT2D eigenvalue weighted by Gasteiger charge is 2.09. The van der Waals surface area contributed by atoms with Gasteiger partial charge < -0.3 is 24.8 Å². The van der Waals surface area contributed by atoms with Crippen molar-refractivity contribution in [2.75, 3.05) is 45.8 Å². The lowest BCUT2D eigenvalue weighted by Crippen LogP contribution is -2.24. The zero-order chi connectivity index (χ0) is 24.2. The molecular weight excluding hydrogens is 430 g/mol. The van der Waals surface area contributed by atoms with Gasteiger partial charge >= 0.3 is 0 Å². The summed E-state index contributed by atoms with van der Waals surface area (Å²) in [4.78, 5) is 4.60. The van der Waals surface area contributed by atoms with Crippen LogP contribution in [0.4, 0.5) is 11.6 Å². The van der Waals surface area contributed by atoms with E-state index in [1.54, 1.807) is 14.2 Å². The number of hydrogen-bond acceptors (Lipinski definition) is 7. The lowest BCUT2D eigenvalue weighted by Gasteiger charge is -2.08. The van der Waals surface area contributed by atoms with Crippen LogP contribution in [0.3, 0.4) is 0 Å². The number of anilines is 2. The van der Waals surface area contributed by atoms with Gasteiger partial charge in [-0.3, -0.25) is 0 Å². The van der Waals surface area contributed by atoms with Gasteiger partial charge in [-0.15, -0.1) is 5.10 Å². The topological polar surface area (TPSA) is 81.9 Å². The second-order valence-electron chi connectivity index (χ2n) is 7.09. The van der Waals surface area contributed by atoms with E-state index < -0.39 is 0 Å². The molecule has 8 heteroatoms. The second kappa shape index (κ2) is 13.2. The largest absolute Gasteiger partial charge is 0.497 e. The predicted octanol–water partition coefficient (Wildman–Crippen LogP) is 4.79. The number of ether oxygens (including phenoxy) is 3. The first kappa shape index (κ1) is 25.0. The van der Waals surface area contributed by atoms with Gasteiger partial charge in [-0.1, -0.05) is 19.9 Å². The third-order valence-electron chi connectivity index (χ3n) is 4.89. The molecule has 4 aromatic rings. The Balaban J connectivity index is 0.00000158. The molecule has 0 aliphatic carbocycles. The average molecular weight is 464 g/mol. The number of rotatable bonds is 11. The summed E-state index contributed by atoms with van der Waals surface area (Å²) in [6, 6.07) is 21.6. The molecule has 0 amide bonds. The van der Waals surface area contributed by atoms with E-state index in [1.165, 1.54) is 0 Å². The molecule has 0 atom stereocenters. The second-order valence-corrected chi connectivity index (χ2v) is 7.09. The van der Waals surface area contributed by atoms with Gasteiger partial charge in [0.25, 0.3) is 0 Å². The number of fused-ring (bicyclic) bond motifs is 1. The van der Waals surface area contributed by atoms with Crippen molar-refractivity contribution < 1.29 is 14.2 Å². The maximum absolute atomic E-state index is 5.75. The summed E-state index contributed by atoms with van der Waals surface area (Å²) in [6.07, 6.45) is 0. The third-order valence-corrected chi connectivity index (χ3v) is 4.89. The number of nitrogens with one attached hydrogen (secondary N) is 2. The summed E-state index contributed by atoms with van der Waals surface area (Å²) in [5, 5.41) is 11.2. The summed E-state index contributed by atoms with van der Waals surface area (Å²) < 4.78 is 17.8. The van der Waals surface area contributed by atoms with Crippen molar-refractivity contribution in [1.82, 2.24) is 19.9 Å². The van der Waals surface area contributed by atoms with Crippen molar-refractivity contribution in [3.05, 3.63) is 66.7 Å². The summed E-state index contributed by atoms with van der Waals surface area (Å²) in [5.74, 6) is 2.16. The summed E-state index contributed by atoms with van der Waals surface area (Å²) >= 11 is 0. The summed E-state index contributed by atoms with van der Waals surface area (Å²) in [7, 11) is 3.35. The molecule has 0 bridgehead atoms. The first-order valence-corrected chi connectivity index (χ1v) is 11.5. The van der Waals surface area contributed by atoms with Crippen molar-refractivity contribution in [3.8, 4) is 22.8 Å². The Labute approximate surface area is 200 Å². The fraction of sp³-hybridized carbons (Fsp3) is 0.308. The predicted molar refractivity (Wildman–Crippen MR) is 136 cm³/mol. The molecule has 0 spiro atoms. The molecule has 0 aliphatic rings. The molecule has 2 aromatic carbocycles. The Hall–Kier alpha value is -3.62. The molecular formula is C26H33N5O3. The van der Waals surface area contributed by atoms with Gasteiger partial charge in [-0.25, -0.2) is 4.52 Å². The van der Waals surface area contributed by atoms with Crippen LogP contribution in [0.2, 0.25) is 0 Å². The maximum atomic E-state index is 5.75. The number of benzene rings is 2. The van der Waals surface area contributed by atoms with Crippen LogP contribution < -0.4 is 20.1 Å². The lowest BCUT2D eigenvalue weighted by atomic mass is 10.1. The smallest absolute Gasteiger partial charge is 0.247 e. The van der Waals surface area contributed by atoms with Crippen LogP contribution in [0.1, 0.15) is 13.8 Å². The molecule has 0 aliphatic heterocycles. The van der Waals surface area contributed by atoms with E-state index in [9.17, 15) is 0 Å².